The molecule has 5 nitrogen and oxygen atoms in total. The fourth-order valence-corrected chi connectivity index (χ4v) is 3.37. The fourth-order valence-electron chi connectivity index (χ4n) is 2.88. The van der Waals surface area contributed by atoms with E-state index in [0.717, 1.165) is 10.2 Å². The van der Waals surface area contributed by atoms with Gasteiger partial charge in [-0.2, -0.15) is 0 Å². The Morgan fingerprint density at radius 2 is 1.61 bits per heavy atom. The van der Waals surface area contributed by atoms with Crippen LogP contribution in [0.2, 0.25) is 0 Å². The lowest BCUT2D eigenvalue weighted by molar-refractivity contribution is 0.0991. The molecule has 2 amide bonds. The van der Waals surface area contributed by atoms with E-state index in [4.69, 9.17) is 4.74 Å². The molecule has 160 valence electrons. The van der Waals surface area contributed by atoms with Gasteiger partial charge in [-0.3, -0.25) is 9.59 Å². The van der Waals surface area contributed by atoms with Gasteiger partial charge in [0.05, 0.1) is 11.1 Å². The molecule has 0 fully saturated rings. The van der Waals surface area contributed by atoms with Crippen LogP contribution in [0.15, 0.2) is 77.3 Å². The summed E-state index contributed by atoms with van der Waals surface area (Å²) < 4.78 is 6.45. The second-order valence-electron chi connectivity index (χ2n) is 7.58. The van der Waals surface area contributed by atoms with Crippen molar-refractivity contribution in [3.63, 3.8) is 0 Å². The van der Waals surface area contributed by atoms with Crippen molar-refractivity contribution >= 4 is 39.1 Å². The quantitative estimate of drug-likeness (QED) is 0.450. The molecule has 0 unspecified atom stereocenters. The van der Waals surface area contributed by atoms with Gasteiger partial charge < -0.3 is 15.0 Å². The van der Waals surface area contributed by atoms with Crippen LogP contribution in [0.1, 0.15) is 34.6 Å². The first-order chi connectivity index (χ1) is 14.8. The van der Waals surface area contributed by atoms with E-state index in [0.29, 0.717) is 35.1 Å². The zero-order valence-electron chi connectivity index (χ0n) is 17.8. The number of halogens is 1. The molecule has 31 heavy (non-hydrogen) atoms. The van der Waals surface area contributed by atoms with Crippen molar-refractivity contribution < 1.29 is 14.3 Å². The van der Waals surface area contributed by atoms with Crippen LogP contribution >= 0.6 is 15.9 Å². The molecular weight excluding hydrogens is 456 g/mol. The minimum Gasteiger partial charge on any atom is -0.492 e. The van der Waals surface area contributed by atoms with E-state index in [1.807, 2.05) is 30.3 Å². The number of benzene rings is 3. The summed E-state index contributed by atoms with van der Waals surface area (Å²) in [6.45, 7) is 4.76. The molecule has 1 N–H and O–H groups in total. The van der Waals surface area contributed by atoms with Gasteiger partial charge in [0.1, 0.15) is 5.75 Å². The Morgan fingerprint density at radius 1 is 0.968 bits per heavy atom. The molecule has 0 aliphatic carbocycles. The summed E-state index contributed by atoms with van der Waals surface area (Å²) in [4.78, 5) is 26.9. The maximum atomic E-state index is 12.7. The number of anilines is 2. The average molecular weight is 481 g/mol. The van der Waals surface area contributed by atoms with Crippen molar-refractivity contribution in [1.29, 1.82) is 0 Å². The highest BCUT2D eigenvalue weighted by Crippen LogP contribution is 2.27. The average Bonchev–Trinajstić information content (AvgIpc) is 2.78. The van der Waals surface area contributed by atoms with Gasteiger partial charge in [0.15, 0.2) is 0 Å². The van der Waals surface area contributed by atoms with Crippen molar-refractivity contribution in [1.82, 2.24) is 0 Å². The SMILES string of the molecule is CC(C)COc1ccc(C(=O)Nc2ccc(C(=O)N(C)c3ccccc3)cc2)cc1Br. The number of carbonyl (C=O) groups is 2. The maximum Gasteiger partial charge on any atom is 0.258 e. The highest BCUT2D eigenvalue weighted by molar-refractivity contribution is 9.10. The van der Waals surface area contributed by atoms with Crippen molar-refractivity contribution in [2.24, 2.45) is 5.92 Å². The molecule has 3 aromatic carbocycles. The first kappa shape index (κ1) is 22.6. The van der Waals surface area contributed by atoms with Crippen molar-refractivity contribution in [3.05, 3.63) is 88.4 Å². The summed E-state index contributed by atoms with van der Waals surface area (Å²) in [7, 11) is 1.74. The summed E-state index contributed by atoms with van der Waals surface area (Å²) in [5.41, 5.74) is 2.47. The van der Waals surface area contributed by atoms with E-state index in [9.17, 15) is 9.59 Å². The monoisotopic (exact) mass is 480 g/mol. The highest BCUT2D eigenvalue weighted by atomic mass is 79.9. The Bertz CT molecular complexity index is 1050. The third-order valence-corrected chi connectivity index (χ3v) is 5.22. The summed E-state index contributed by atoms with van der Waals surface area (Å²) in [5.74, 6) is 0.759. The predicted octanol–water partition coefficient (Wildman–Crippen LogP) is 6.01. The zero-order chi connectivity index (χ0) is 22.4. The van der Waals surface area contributed by atoms with Crippen LogP contribution in [0.25, 0.3) is 0 Å². The third kappa shape index (κ3) is 5.95. The minimum atomic E-state index is -0.239. The van der Waals surface area contributed by atoms with E-state index >= 15 is 0 Å². The van der Waals surface area contributed by atoms with Crippen LogP contribution in [0, 0.1) is 5.92 Å². The first-order valence-corrected chi connectivity index (χ1v) is 10.8. The zero-order valence-corrected chi connectivity index (χ0v) is 19.3. The molecule has 0 aliphatic heterocycles. The van der Waals surface area contributed by atoms with E-state index in [2.05, 4.69) is 35.1 Å². The predicted molar refractivity (Wildman–Crippen MR) is 128 cm³/mol. The number of amides is 2. The molecular formula is C25H25BrN2O3. The highest BCUT2D eigenvalue weighted by Gasteiger charge is 2.14. The van der Waals surface area contributed by atoms with Crippen LogP contribution in [0.5, 0.6) is 5.75 Å². The number of rotatable bonds is 7. The summed E-state index contributed by atoms with van der Waals surface area (Å²) in [5, 5.41) is 2.86. The Morgan fingerprint density at radius 3 is 2.23 bits per heavy atom. The lowest BCUT2D eigenvalue weighted by Gasteiger charge is -2.17. The number of ether oxygens (including phenoxy) is 1. The van der Waals surface area contributed by atoms with Crippen molar-refractivity contribution in [2.45, 2.75) is 13.8 Å². The normalized spacial score (nSPS) is 10.6. The second kappa shape index (κ2) is 10.3. The van der Waals surface area contributed by atoms with E-state index in [1.54, 1.807) is 54.4 Å². The van der Waals surface area contributed by atoms with Crippen LogP contribution in [-0.2, 0) is 0 Å². The smallest absolute Gasteiger partial charge is 0.258 e. The Hall–Kier alpha value is -3.12. The summed E-state index contributed by atoms with van der Waals surface area (Å²) >= 11 is 3.46. The van der Waals surface area contributed by atoms with Gasteiger partial charge in [-0.1, -0.05) is 32.0 Å². The number of nitrogens with zero attached hydrogens (tertiary/aromatic N) is 1. The van der Waals surface area contributed by atoms with Crippen LogP contribution in [-0.4, -0.2) is 25.5 Å². The number of hydrogen-bond donors (Lipinski definition) is 1. The topological polar surface area (TPSA) is 58.6 Å². The van der Waals surface area contributed by atoms with Gasteiger partial charge >= 0.3 is 0 Å². The van der Waals surface area contributed by atoms with Crippen LogP contribution < -0.4 is 15.0 Å². The van der Waals surface area contributed by atoms with E-state index in [-0.39, 0.29) is 11.8 Å². The van der Waals surface area contributed by atoms with Gasteiger partial charge in [0, 0.05) is 29.5 Å². The lowest BCUT2D eigenvalue weighted by Crippen LogP contribution is -2.26. The largest absolute Gasteiger partial charge is 0.492 e. The number of nitrogens with one attached hydrogen (secondary N) is 1. The van der Waals surface area contributed by atoms with Crippen molar-refractivity contribution in [2.75, 3.05) is 23.9 Å². The fraction of sp³-hybridized carbons (Fsp3) is 0.200. The molecule has 0 heterocycles. The molecule has 3 rings (SSSR count). The van der Waals surface area contributed by atoms with Crippen LogP contribution in [0.4, 0.5) is 11.4 Å². The molecule has 0 bridgehead atoms. The molecule has 6 heteroatoms. The Kier molecular flexibility index (Phi) is 7.47. The Labute approximate surface area is 191 Å². The molecule has 0 saturated carbocycles. The van der Waals surface area contributed by atoms with Gasteiger partial charge in [0.25, 0.3) is 11.8 Å². The number of carbonyl (C=O) groups excluding carboxylic acids is 2. The van der Waals surface area contributed by atoms with Gasteiger partial charge in [-0.05, 0) is 76.4 Å². The van der Waals surface area contributed by atoms with Crippen molar-refractivity contribution in [3.8, 4) is 5.75 Å². The first-order valence-electron chi connectivity index (χ1n) is 10.0. The Balaban J connectivity index is 1.65. The van der Waals surface area contributed by atoms with Gasteiger partial charge in [-0.15, -0.1) is 0 Å². The molecule has 0 aromatic heterocycles. The second-order valence-corrected chi connectivity index (χ2v) is 8.44. The standard InChI is InChI=1S/C25H25BrN2O3/c1-17(2)16-31-23-14-11-19(15-22(23)26)24(29)27-20-12-9-18(10-13-20)25(30)28(3)21-7-5-4-6-8-21/h4-15,17H,16H2,1-3H3,(H,27,29). The maximum absolute atomic E-state index is 12.7. The van der Waals surface area contributed by atoms with E-state index < -0.39 is 0 Å². The number of para-hydroxylation sites is 1. The van der Waals surface area contributed by atoms with Gasteiger partial charge in [0.2, 0.25) is 0 Å². The molecule has 3 aromatic rings. The molecule has 0 spiro atoms. The lowest BCUT2D eigenvalue weighted by atomic mass is 10.1. The summed E-state index contributed by atoms with van der Waals surface area (Å²) in [6.07, 6.45) is 0. The van der Waals surface area contributed by atoms with Gasteiger partial charge in [-0.25, -0.2) is 0 Å². The third-order valence-electron chi connectivity index (χ3n) is 4.60. The molecule has 0 saturated heterocycles. The molecule has 0 atom stereocenters. The number of hydrogen-bond acceptors (Lipinski definition) is 3. The molecule has 0 aliphatic rings. The van der Waals surface area contributed by atoms with E-state index in [1.165, 1.54) is 0 Å². The summed E-state index contributed by atoms with van der Waals surface area (Å²) in [6, 6.07) is 21.5. The van der Waals surface area contributed by atoms with Crippen LogP contribution in [0.3, 0.4) is 0 Å². The minimum absolute atomic E-state index is 0.120. The molecule has 0 radical (unpaired) electrons.